The van der Waals surface area contributed by atoms with Crippen molar-refractivity contribution in [2.75, 3.05) is 17.6 Å². The molecule has 0 bridgehead atoms. The summed E-state index contributed by atoms with van der Waals surface area (Å²) in [4.78, 5) is 11.7. The minimum absolute atomic E-state index is 0.00581. The molecule has 0 radical (unpaired) electrons. The number of amides is 1. The van der Waals surface area contributed by atoms with Crippen LogP contribution < -0.4 is 5.32 Å². The highest BCUT2D eigenvalue weighted by molar-refractivity contribution is 7.89. The van der Waals surface area contributed by atoms with Crippen LogP contribution in [0, 0.1) is 0 Å². The van der Waals surface area contributed by atoms with Gasteiger partial charge < -0.3 is 5.32 Å². The van der Waals surface area contributed by atoms with Crippen LogP contribution in [-0.2, 0) is 27.8 Å². The molecule has 0 spiro atoms. The van der Waals surface area contributed by atoms with Gasteiger partial charge in [-0.05, 0) is 42.5 Å². The molecule has 5 nitrogen and oxygen atoms in total. The van der Waals surface area contributed by atoms with Crippen LogP contribution in [0.5, 0.6) is 0 Å². The summed E-state index contributed by atoms with van der Waals surface area (Å²) in [6, 6.07) is 5.78. The molecule has 0 aromatic heterocycles. The molecule has 6 heteroatoms. The Hall–Kier alpha value is -1.40. The van der Waals surface area contributed by atoms with Crippen molar-refractivity contribution in [2.24, 2.45) is 0 Å². The minimum Gasteiger partial charge on any atom is -0.326 e. The van der Waals surface area contributed by atoms with Gasteiger partial charge in [0.25, 0.3) is 0 Å². The van der Waals surface area contributed by atoms with Crippen LogP contribution in [0.1, 0.15) is 44.2 Å². The predicted octanol–water partition coefficient (Wildman–Crippen LogP) is 2.52. The van der Waals surface area contributed by atoms with Crippen molar-refractivity contribution in [3.05, 3.63) is 29.3 Å². The average molecular weight is 324 g/mol. The van der Waals surface area contributed by atoms with Crippen LogP contribution in [0.2, 0.25) is 0 Å². The lowest BCUT2D eigenvalue weighted by molar-refractivity contribution is -0.116. The Balaban J connectivity index is 2.14. The van der Waals surface area contributed by atoms with Crippen molar-refractivity contribution in [2.45, 2.75) is 46.1 Å². The number of nitrogens with zero attached hydrogens (tertiary/aromatic N) is 1. The van der Waals surface area contributed by atoms with Gasteiger partial charge in [-0.15, -0.1) is 0 Å². The van der Waals surface area contributed by atoms with E-state index < -0.39 is 10.0 Å². The second-order valence-electron chi connectivity index (χ2n) is 5.68. The number of rotatable bonds is 6. The lowest BCUT2D eigenvalue weighted by Gasteiger charge is -2.28. The normalized spacial score (nSPS) is 15.4. The summed E-state index contributed by atoms with van der Waals surface area (Å²) >= 11 is 0. The molecular weight excluding hydrogens is 300 g/mol. The zero-order chi connectivity index (χ0) is 16.2. The third-order valence-corrected chi connectivity index (χ3v) is 5.82. The lowest BCUT2D eigenvalue weighted by Crippen LogP contribution is -2.37. The maximum atomic E-state index is 12.2. The topological polar surface area (TPSA) is 66.5 Å². The van der Waals surface area contributed by atoms with Crippen LogP contribution >= 0.6 is 0 Å². The van der Waals surface area contributed by atoms with Crippen molar-refractivity contribution in [3.63, 3.8) is 0 Å². The number of fused-ring (bicyclic) bond motifs is 1. The molecule has 1 aromatic carbocycles. The average Bonchev–Trinajstić information content (AvgIpc) is 2.46. The van der Waals surface area contributed by atoms with Gasteiger partial charge in [-0.1, -0.05) is 19.9 Å². The maximum Gasteiger partial charge on any atom is 0.224 e. The van der Waals surface area contributed by atoms with Crippen LogP contribution in [0.3, 0.4) is 0 Å². The Kier molecular flexibility index (Phi) is 5.58. The predicted molar refractivity (Wildman–Crippen MR) is 88.2 cm³/mol. The van der Waals surface area contributed by atoms with Crippen molar-refractivity contribution >= 4 is 21.6 Å². The second kappa shape index (κ2) is 7.24. The SMILES string of the molecule is CCCC(=O)Nc1ccc2c(c1)CN(S(=O)(=O)CCC)CC2. The van der Waals surface area contributed by atoms with Gasteiger partial charge in [-0.25, -0.2) is 8.42 Å². The first kappa shape index (κ1) is 17.0. The van der Waals surface area contributed by atoms with E-state index in [1.807, 2.05) is 32.0 Å². The zero-order valence-electron chi connectivity index (χ0n) is 13.3. The summed E-state index contributed by atoms with van der Waals surface area (Å²) in [5.41, 5.74) is 2.89. The Labute approximate surface area is 132 Å². The van der Waals surface area contributed by atoms with E-state index in [1.165, 1.54) is 0 Å². The highest BCUT2D eigenvalue weighted by atomic mass is 32.2. The maximum absolute atomic E-state index is 12.2. The molecule has 0 saturated carbocycles. The number of sulfonamides is 1. The van der Waals surface area contributed by atoms with Gasteiger partial charge >= 0.3 is 0 Å². The summed E-state index contributed by atoms with van der Waals surface area (Å²) in [6.45, 7) is 4.77. The first-order valence-electron chi connectivity index (χ1n) is 7.85. The highest BCUT2D eigenvalue weighted by Gasteiger charge is 2.26. The number of hydrogen-bond acceptors (Lipinski definition) is 3. The van der Waals surface area contributed by atoms with E-state index in [1.54, 1.807) is 4.31 Å². The fraction of sp³-hybridized carbons (Fsp3) is 0.562. The lowest BCUT2D eigenvalue weighted by atomic mass is 10.0. The summed E-state index contributed by atoms with van der Waals surface area (Å²) in [7, 11) is -3.17. The molecule has 0 aliphatic carbocycles. The van der Waals surface area contributed by atoms with Crippen LogP contribution in [0.4, 0.5) is 5.69 Å². The number of hydrogen-bond donors (Lipinski definition) is 1. The van der Waals surface area contributed by atoms with E-state index in [-0.39, 0.29) is 11.7 Å². The van der Waals surface area contributed by atoms with Crippen LogP contribution in [-0.4, -0.2) is 30.9 Å². The van der Waals surface area contributed by atoms with E-state index >= 15 is 0 Å². The molecule has 1 heterocycles. The Morgan fingerprint density at radius 2 is 2.00 bits per heavy atom. The molecule has 0 atom stereocenters. The van der Waals surface area contributed by atoms with Gasteiger partial charge in [0.05, 0.1) is 5.75 Å². The largest absolute Gasteiger partial charge is 0.326 e. The van der Waals surface area contributed by atoms with Gasteiger partial charge in [-0.2, -0.15) is 4.31 Å². The van der Waals surface area contributed by atoms with Crippen LogP contribution in [0.15, 0.2) is 18.2 Å². The molecule has 1 N–H and O–H groups in total. The van der Waals surface area contributed by atoms with E-state index in [0.717, 1.165) is 29.7 Å². The summed E-state index contributed by atoms with van der Waals surface area (Å²) in [5.74, 6) is 0.184. The quantitative estimate of drug-likeness (QED) is 0.874. The van der Waals surface area contributed by atoms with Gasteiger partial charge in [-0.3, -0.25) is 4.79 Å². The first-order valence-corrected chi connectivity index (χ1v) is 9.46. The molecule has 22 heavy (non-hydrogen) atoms. The van der Waals surface area contributed by atoms with E-state index in [4.69, 9.17) is 0 Å². The summed E-state index contributed by atoms with van der Waals surface area (Å²) in [5, 5.41) is 2.86. The number of nitrogens with one attached hydrogen (secondary N) is 1. The number of anilines is 1. The third-order valence-electron chi connectivity index (χ3n) is 3.80. The number of carbonyl (C=O) groups excluding carboxylic acids is 1. The standard InChI is InChI=1S/C16H24N2O3S/c1-3-5-16(19)17-15-7-6-13-8-9-18(12-14(13)11-15)22(20,21)10-4-2/h6-7,11H,3-5,8-10,12H2,1-2H3,(H,17,19). The molecule has 122 valence electrons. The number of benzene rings is 1. The molecule has 0 saturated heterocycles. The smallest absolute Gasteiger partial charge is 0.224 e. The Morgan fingerprint density at radius 3 is 2.68 bits per heavy atom. The second-order valence-corrected chi connectivity index (χ2v) is 7.77. The summed E-state index contributed by atoms with van der Waals surface area (Å²) < 4.78 is 26.0. The van der Waals surface area contributed by atoms with Gasteiger partial charge in [0.2, 0.25) is 15.9 Å². The number of carbonyl (C=O) groups is 1. The van der Waals surface area contributed by atoms with Crippen molar-refractivity contribution in [1.29, 1.82) is 0 Å². The van der Waals surface area contributed by atoms with Gasteiger partial charge in [0.15, 0.2) is 0 Å². The molecule has 1 amide bonds. The van der Waals surface area contributed by atoms with Gasteiger partial charge in [0.1, 0.15) is 0 Å². The zero-order valence-corrected chi connectivity index (χ0v) is 14.1. The van der Waals surface area contributed by atoms with Crippen molar-refractivity contribution < 1.29 is 13.2 Å². The molecule has 1 aliphatic rings. The molecule has 0 fully saturated rings. The monoisotopic (exact) mass is 324 g/mol. The van der Waals surface area contributed by atoms with E-state index in [2.05, 4.69) is 5.32 Å². The minimum atomic E-state index is -3.17. The first-order chi connectivity index (χ1) is 10.5. The van der Waals surface area contributed by atoms with Crippen LogP contribution in [0.25, 0.3) is 0 Å². The Bertz CT molecular complexity index is 641. The van der Waals surface area contributed by atoms with E-state index in [0.29, 0.717) is 25.9 Å². The molecule has 1 aromatic rings. The van der Waals surface area contributed by atoms with Gasteiger partial charge in [0, 0.05) is 25.2 Å². The van der Waals surface area contributed by atoms with Crippen molar-refractivity contribution in [3.8, 4) is 0 Å². The molecule has 2 rings (SSSR count). The Morgan fingerprint density at radius 1 is 1.23 bits per heavy atom. The fourth-order valence-electron chi connectivity index (χ4n) is 2.68. The van der Waals surface area contributed by atoms with E-state index in [9.17, 15) is 13.2 Å². The molecule has 1 aliphatic heterocycles. The van der Waals surface area contributed by atoms with Crippen molar-refractivity contribution in [1.82, 2.24) is 4.31 Å². The fourth-order valence-corrected chi connectivity index (χ4v) is 4.16. The highest BCUT2D eigenvalue weighted by Crippen LogP contribution is 2.24. The summed E-state index contributed by atoms with van der Waals surface area (Å²) in [6.07, 6.45) is 2.65. The third kappa shape index (κ3) is 4.08. The molecule has 0 unspecified atom stereocenters. The molecular formula is C16H24N2O3S.